The number of hydrogen-bond donors (Lipinski definition) is 1. The molecule has 3 rings (SSSR count). The van der Waals surface area contributed by atoms with Crippen molar-refractivity contribution < 1.29 is 4.79 Å². The van der Waals surface area contributed by atoms with Crippen molar-refractivity contribution in [1.82, 2.24) is 10.3 Å². The highest BCUT2D eigenvalue weighted by molar-refractivity contribution is 5.92. The van der Waals surface area contributed by atoms with Gasteiger partial charge in [0.25, 0.3) is 5.91 Å². The van der Waals surface area contributed by atoms with E-state index in [2.05, 4.69) is 28.5 Å². The van der Waals surface area contributed by atoms with Gasteiger partial charge in [-0.15, -0.1) is 0 Å². The lowest BCUT2D eigenvalue weighted by Gasteiger charge is -2.26. The minimum absolute atomic E-state index is 0.0876. The van der Waals surface area contributed by atoms with E-state index in [0.717, 1.165) is 25.0 Å². The van der Waals surface area contributed by atoms with Gasteiger partial charge in [-0.05, 0) is 49.4 Å². The molecule has 1 unspecified atom stereocenters. The molecule has 20 heavy (non-hydrogen) atoms. The molecule has 102 valence electrons. The van der Waals surface area contributed by atoms with Crippen LogP contribution in [-0.2, 0) is 6.42 Å². The monoisotopic (exact) mass is 266 g/mol. The van der Waals surface area contributed by atoms with Gasteiger partial charge in [-0.25, -0.2) is 4.98 Å². The van der Waals surface area contributed by atoms with E-state index in [9.17, 15) is 4.79 Å². The van der Waals surface area contributed by atoms with E-state index in [1.54, 1.807) is 6.07 Å². The first-order valence-electron chi connectivity index (χ1n) is 7.06. The second kappa shape index (κ2) is 5.45. The molecule has 1 atom stereocenters. The highest BCUT2D eigenvalue weighted by Crippen LogP contribution is 2.29. The Morgan fingerprint density at radius 3 is 2.90 bits per heavy atom. The van der Waals surface area contributed by atoms with Gasteiger partial charge in [0.2, 0.25) is 0 Å². The van der Waals surface area contributed by atoms with Crippen LogP contribution in [-0.4, -0.2) is 10.9 Å². The van der Waals surface area contributed by atoms with E-state index in [0.29, 0.717) is 5.69 Å². The van der Waals surface area contributed by atoms with Gasteiger partial charge in [-0.3, -0.25) is 4.79 Å². The molecule has 0 saturated carbocycles. The van der Waals surface area contributed by atoms with Crippen LogP contribution in [0.4, 0.5) is 0 Å². The summed E-state index contributed by atoms with van der Waals surface area (Å²) in [6, 6.07) is 14.0. The number of carbonyl (C=O) groups is 1. The van der Waals surface area contributed by atoms with E-state index in [4.69, 9.17) is 0 Å². The average Bonchev–Trinajstić information content (AvgIpc) is 2.47. The molecule has 0 radical (unpaired) electrons. The van der Waals surface area contributed by atoms with Crippen molar-refractivity contribution in [2.24, 2.45) is 0 Å². The fourth-order valence-electron chi connectivity index (χ4n) is 2.81. The summed E-state index contributed by atoms with van der Waals surface area (Å²) < 4.78 is 0. The van der Waals surface area contributed by atoms with Crippen LogP contribution in [0.2, 0.25) is 0 Å². The van der Waals surface area contributed by atoms with Crippen molar-refractivity contribution in [1.29, 1.82) is 0 Å². The molecule has 3 heteroatoms. The minimum atomic E-state index is -0.0876. The van der Waals surface area contributed by atoms with Crippen LogP contribution in [0.3, 0.4) is 0 Å². The number of amides is 1. The van der Waals surface area contributed by atoms with E-state index < -0.39 is 0 Å². The third kappa shape index (κ3) is 2.57. The molecular weight excluding hydrogens is 248 g/mol. The average molecular weight is 266 g/mol. The Bertz CT molecular complexity index is 636. The Kier molecular flexibility index (Phi) is 3.50. The summed E-state index contributed by atoms with van der Waals surface area (Å²) in [5.74, 6) is -0.0876. The lowest BCUT2D eigenvalue weighted by Crippen LogP contribution is -2.31. The molecule has 1 aromatic heterocycles. The summed E-state index contributed by atoms with van der Waals surface area (Å²) in [6.45, 7) is 1.90. The second-order valence-electron chi connectivity index (χ2n) is 5.28. The van der Waals surface area contributed by atoms with Crippen LogP contribution in [0.1, 0.15) is 46.2 Å². The lowest BCUT2D eigenvalue weighted by atomic mass is 9.87. The minimum Gasteiger partial charge on any atom is -0.344 e. The van der Waals surface area contributed by atoms with E-state index >= 15 is 0 Å². The number of pyridine rings is 1. The third-order valence-corrected chi connectivity index (χ3v) is 3.80. The Morgan fingerprint density at radius 1 is 1.20 bits per heavy atom. The van der Waals surface area contributed by atoms with Crippen molar-refractivity contribution in [3.05, 3.63) is 65.0 Å². The van der Waals surface area contributed by atoms with Gasteiger partial charge >= 0.3 is 0 Å². The first-order valence-corrected chi connectivity index (χ1v) is 7.06. The molecule has 0 aliphatic heterocycles. The van der Waals surface area contributed by atoms with E-state index in [1.807, 2.05) is 25.1 Å². The zero-order chi connectivity index (χ0) is 13.9. The maximum atomic E-state index is 12.3. The number of fused-ring (bicyclic) bond motifs is 1. The van der Waals surface area contributed by atoms with Gasteiger partial charge in [0, 0.05) is 5.69 Å². The molecule has 3 nitrogen and oxygen atoms in total. The topological polar surface area (TPSA) is 42.0 Å². The number of benzene rings is 1. The molecular formula is C17H18N2O. The van der Waals surface area contributed by atoms with Crippen molar-refractivity contribution in [2.45, 2.75) is 32.2 Å². The Hall–Kier alpha value is -2.16. The number of aryl methyl sites for hydroxylation is 2. The van der Waals surface area contributed by atoms with Gasteiger partial charge in [-0.1, -0.05) is 30.3 Å². The summed E-state index contributed by atoms with van der Waals surface area (Å²) in [7, 11) is 0. The van der Waals surface area contributed by atoms with Gasteiger partial charge in [0.1, 0.15) is 5.69 Å². The molecule has 0 fully saturated rings. The van der Waals surface area contributed by atoms with Crippen LogP contribution in [0.5, 0.6) is 0 Å². The van der Waals surface area contributed by atoms with Crippen molar-refractivity contribution in [3.63, 3.8) is 0 Å². The zero-order valence-electron chi connectivity index (χ0n) is 11.6. The highest BCUT2D eigenvalue weighted by atomic mass is 16.1. The smallest absolute Gasteiger partial charge is 0.270 e. The quantitative estimate of drug-likeness (QED) is 0.907. The van der Waals surface area contributed by atoms with Crippen molar-refractivity contribution in [3.8, 4) is 0 Å². The van der Waals surface area contributed by atoms with Gasteiger partial charge in [-0.2, -0.15) is 0 Å². The highest BCUT2D eigenvalue weighted by Gasteiger charge is 2.22. The number of aromatic nitrogens is 1. The van der Waals surface area contributed by atoms with Crippen LogP contribution in [0.15, 0.2) is 42.5 Å². The molecule has 0 saturated heterocycles. The van der Waals surface area contributed by atoms with Gasteiger partial charge < -0.3 is 5.32 Å². The second-order valence-corrected chi connectivity index (χ2v) is 5.28. The SMILES string of the molecule is Cc1cccc(C(=O)NC2CCCc3ccccc32)n1. The first-order chi connectivity index (χ1) is 9.74. The Balaban J connectivity index is 1.81. The zero-order valence-corrected chi connectivity index (χ0v) is 11.6. The summed E-state index contributed by atoms with van der Waals surface area (Å²) >= 11 is 0. The largest absolute Gasteiger partial charge is 0.344 e. The standard InChI is InChI=1S/C17H18N2O/c1-12-6-4-11-16(18-12)17(20)19-15-10-5-8-13-7-2-3-9-14(13)15/h2-4,6-7,9,11,15H,5,8,10H2,1H3,(H,19,20). The normalized spacial score (nSPS) is 17.4. The number of hydrogen-bond acceptors (Lipinski definition) is 2. The third-order valence-electron chi connectivity index (χ3n) is 3.80. The van der Waals surface area contributed by atoms with Crippen LogP contribution in [0, 0.1) is 6.92 Å². The molecule has 1 aliphatic rings. The number of nitrogens with zero attached hydrogens (tertiary/aromatic N) is 1. The molecule has 0 bridgehead atoms. The van der Waals surface area contributed by atoms with Crippen LogP contribution < -0.4 is 5.32 Å². The molecule has 1 N–H and O–H groups in total. The van der Waals surface area contributed by atoms with E-state index in [-0.39, 0.29) is 11.9 Å². The van der Waals surface area contributed by atoms with E-state index in [1.165, 1.54) is 11.1 Å². The van der Waals surface area contributed by atoms with Gasteiger partial charge in [0.15, 0.2) is 0 Å². The maximum absolute atomic E-state index is 12.3. The van der Waals surface area contributed by atoms with Crippen molar-refractivity contribution >= 4 is 5.91 Å². The summed E-state index contributed by atoms with van der Waals surface area (Å²) in [5, 5.41) is 3.12. The van der Waals surface area contributed by atoms with Gasteiger partial charge in [0.05, 0.1) is 6.04 Å². The summed E-state index contributed by atoms with van der Waals surface area (Å²) in [5.41, 5.74) is 3.95. The fraction of sp³-hybridized carbons (Fsp3) is 0.294. The van der Waals surface area contributed by atoms with Crippen LogP contribution in [0.25, 0.3) is 0 Å². The first kappa shape index (κ1) is 12.9. The Morgan fingerprint density at radius 2 is 2.05 bits per heavy atom. The number of rotatable bonds is 2. The molecule has 1 aromatic carbocycles. The molecule has 1 heterocycles. The summed E-state index contributed by atoms with van der Waals surface area (Å²) in [4.78, 5) is 16.6. The van der Waals surface area contributed by atoms with Crippen molar-refractivity contribution in [2.75, 3.05) is 0 Å². The predicted octanol–water partition coefficient (Wildman–Crippen LogP) is 3.20. The fourth-order valence-corrected chi connectivity index (χ4v) is 2.81. The Labute approximate surface area is 119 Å². The lowest BCUT2D eigenvalue weighted by molar-refractivity contribution is 0.0927. The number of nitrogens with one attached hydrogen (secondary N) is 1. The molecule has 1 amide bonds. The summed E-state index contributed by atoms with van der Waals surface area (Å²) in [6.07, 6.45) is 3.21. The maximum Gasteiger partial charge on any atom is 0.270 e. The van der Waals surface area contributed by atoms with Crippen LogP contribution >= 0.6 is 0 Å². The molecule has 1 aliphatic carbocycles. The molecule has 0 spiro atoms. The molecule has 2 aromatic rings. The number of carbonyl (C=O) groups excluding carboxylic acids is 1. The predicted molar refractivity (Wildman–Crippen MR) is 78.6 cm³/mol.